The van der Waals surface area contributed by atoms with Gasteiger partial charge in [0.1, 0.15) is 6.61 Å². The summed E-state index contributed by atoms with van der Waals surface area (Å²) in [4.78, 5) is 13.3. The fourth-order valence-electron chi connectivity index (χ4n) is 1.67. The highest BCUT2D eigenvalue weighted by atomic mass is 16.5. The van der Waals surface area contributed by atoms with E-state index in [1.54, 1.807) is 7.11 Å². The number of carbonyl (C=O) groups excluding carboxylic acids is 1. The van der Waals surface area contributed by atoms with Crippen molar-refractivity contribution in [2.45, 2.75) is 25.9 Å². The van der Waals surface area contributed by atoms with Crippen molar-refractivity contribution in [2.75, 3.05) is 26.9 Å². The number of carbonyl (C=O) groups is 1. The summed E-state index contributed by atoms with van der Waals surface area (Å²) in [5.41, 5.74) is 0. The van der Waals surface area contributed by atoms with Crippen LogP contribution in [0.15, 0.2) is 0 Å². The molecular formula is C9H17NO3. The van der Waals surface area contributed by atoms with Crippen LogP contribution in [0, 0.1) is 0 Å². The van der Waals surface area contributed by atoms with E-state index in [9.17, 15) is 4.79 Å². The molecule has 4 nitrogen and oxygen atoms in total. The van der Waals surface area contributed by atoms with Crippen LogP contribution in [0.1, 0.15) is 13.8 Å². The predicted octanol–water partition coefficient (Wildman–Crippen LogP) is 0.269. The molecule has 1 aliphatic rings. The van der Waals surface area contributed by atoms with E-state index in [1.165, 1.54) is 0 Å². The number of ether oxygens (including phenoxy) is 2. The number of morpholine rings is 1. The molecule has 0 aliphatic carbocycles. The average molecular weight is 187 g/mol. The lowest BCUT2D eigenvalue weighted by Crippen LogP contribution is -2.54. The summed E-state index contributed by atoms with van der Waals surface area (Å²) in [5, 5.41) is 0. The van der Waals surface area contributed by atoms with Crippen molar-refractivity contribution in [3.63, 3.8) is 0 Å². The van der Waals surface area contributed by atoms with Crippen LogP contribution in [0.25, 0.3) is 0 Å². The van der Waals surface area contributed by atoms with Crippen molar-refractivity contribution in [1.29, 1.82) is 0 Å². The average Bonchev–Trinajstić information content (AvgIpc) is 2.04. The van der Waals surface area contributed by atoms with Crippen LogP contribution in [-0.4, -0.2) is 49.8 Å². The molecule has 0 N–H and O–H groups in total. The number of nitrogens with zero attached hydrogens (tertiary/aromatic N) is 1. The highest BCUT2D eigenvalue weighted by Gasteiger charge is 2.30. The first-order valence-electron chi connectivity index (χ1n) is 4.54. The largest absolute Gasteiger partial charge is 0.382 e. The highest BCUT2D eigenvalue weighted by Crippen LogP contribution is 2.12. The van der Waals surface area contributed by atoms with Crippen LogP contribution in [0.3, 0.4) is 0 Å². The molecule has 76 valence electrons. The Balaban J connectivity index is 2.62. The molecular weight excluding hydrogens is 170 g/mol. The zero-order valence-corrected chi connectivity index (χ0v) is 8.45. The summed E-state index contributed by atoms with van der Waals surface area (Å²) in [6.07, 6.45) is 0. The summed E-state index contributed by atoms with van der Waals surface area (Å²) in [6, 6.07) is 0.294. The fourth-order valence-corrected chi connectivity index (χ4v) is 1.67. The van der Waals surface area contributed by atoms with Crippen molar-refractivity contribution >= 4 is 5.91 Å². The first-order chi connectivity index (χ1) is 6.16. The number of amides is 1. The van der Waals surface area contributed by atoms with Gasteiger partial charge in [-0.3, -0.25) is 4.79 Å². The van der Waals surface area contributed by atoms with E-state index in [4.69, 9.17) is 9.47 Å². The van der Waals surface area contributed by atoms with E-state index < -0.39 is 0 Å². The van der Waals surface area contributed by atoms with Crippen molar-refractivity contribution in [3.05, 3.63) is 0 Å². The third-order valence-electron chi connectivity index (χ3n) is 2.13. The number of hydrogen-bond donors (Lipinski definition) is 0. The molecule has 1 saturated heterocycles. The Kier molecular flexibility index (Phi) is 3.69. The van der Waals surface area contributed by atoms with Gasteiger partial charge in [-0.1, -0.05) is 0 Å². The van der Waals surface area contributed by atoms with E-state index in [-0.39, 0.29) is 24.6 Å². The highest BCUT2D eigenvalue weighted by molar-refractivity contribution is 5.78. The minimum absolute atomic E-state index is 0.0586. The first kappa shape index (κ1) is 10.5. The van der Waals surface area contributed by atoms with Crippen molar-refractivity contribution in [1.82, 2.24) is 4.90 Å². The standard InChI is InChI=1S/C9H17NO3/c1-7(2)10-8(4-12-3)5-13-6-9(10)11/h7-8H,4-6H2,1-3H3. The second kappa shape index (κ2) is 4.58. The molecule has 1 unspecified atom stereocenters. The van der Waals surface area contributed by atoms with Crippen LogP contribution in [0.2, 0.25) is 0 Å². The van der Waals surface area contributed by atoms with Crippen LogP contribution in [0.5, 0.6) is 0 Å². The fraction of sp³-hybridized carbons (Fsp3) is 0.889. The maximum absolute atomic E-state index is 11.5. The second-order valence-electron chi connectivity index (χ2n) is 3.52. The van der Waals surface area contributed by atoms with Gasteiger partial charge in [0.25, 0.3) is 0 Å². The maximum atomic E-state index is 11.5. The first-order valence-corrected chi connectivity index (χ1v) is 4.54. The van der Waals surface area contributed by atoms with E-state index in [0.29, 0.717) is 13.2 Å². The van der Waals surface area contributed by atoms with Gasteiger partial charge in [-0.15, -0.1) is 0 Å². The van der Waals surface area contributed by atoms with Gasteiger partial charge in [0.2, 0.25) is 5.91 Å². The van der Waals surface area contributed by atoms with E-state index in [0.717, 1.165) is 0 Å². The van der Waals surface area contributed by atoms with E-state index in [1.807, 2.05) is 18.7 Å². The molecule has 1 atom stereocenters. The lowest BCUT2D eigenvalue weighted by atomic mass is 10.2. The summed E-state index contributed by atoms with van der Waals surface area (Å²) >= 11 is 0. The van der Waals surface area contributed by atoms with Crippen LogP contribution >= 0.6 is 0 Å². The molecule has 1 aliphatic heterocycles. The molecule has 0 saturated carbocycles. The molecule has 1 rings (SSSR count). The quantitative estimate of drug-likeness (QED) is 0.636. The molecule has 0 aromatic heterocycles. The minimum atomic E-state index is 0.0586. The Morgan fingerprint density at radius 1 is 1.69 bits per heavy atom. The van der Waals surface area contributed by atoms with E-state index in [2.05, 4.69) is 0 Å². The molecule has 1 heterocycles. The summed E-state index contributed by atoms with van der Waals surface area (Å²) in [6.45, 7) is 5.35. The molecule has 13 heavy (non-hydrogen) atoms. The molecule has 0 aromatic carbocycles. The molecule has 0 aromatic rings. The summed E-state index contributed by atoms with van der Waals surface area (Å²) < 4.78 is 10.2. The number of hydrogen-bond acceptors (Lipinski definition) is 3. The SMILES string of the molecule is COCC1COCC(=O)N1C(C)C. The molecule has 1 amide bonds. The lowest BCUT2D eigenvalue weighted by molar-refractivity contribution is -0.153. The van der Waals surface area contributed by atoms with Crippen molar-refractivity contribution < 1.29 is 14.3 Å². The van der Waals surface area contributed by atoms with Gasteiger partial charge >= 0.3 is 0 Å². The molecule has 0 spiro atoms. The molecule has 0 radical (unpaired) electrons. The Bertz CT molecular complexity index is 180. The van der Waals surface area contributed by atoms with Crippen LogP contribution in [-0.2, 0) is 14.3 Å². The molecule has 0 bridgehead atoms. The lowest BCUT2D eigenvalue weighted by Gasteiger charge is -2.37. The van der Waals surface area contributed by atoms with Gasteiger partial charge in [-0.2, -0.15) is 0 Å². The zero-order chi connectivity index (χ0) is 9.84. The number of rotatable bonds is 3. The minimum Gasteiger partial charge on any atom is -0.382 e. The number of methoxy groups -OCH3 is 1. The Morgan fingerprint density at radius 3 is 2.92 bits per heavy atom. The summed E-state index contributed by atoms with van der Waals surface area (Å²) in [7, 11) is 1.64. The predicted molar refractivity (Wildman–Crippen MR) is 48.5 cm³/mol. The second-order valence-corrected chi connectivity index (χ2v) is 3.52. The van der Waals surface area contributed by atoms with E-state index >= 15 is 0 Å². The van der Waals surface area contributed by atoms with Crippen molar-refractivity contribution in [3.8, 4) is 0 Å². The van der Waals surface area contributed by atoms with Crippen LogP contribution < -0.4 is 0 Å². The van der Waals surface area contributed by atoms with Gasteiger partial charge < -0.3 is 14.4 Å². The Morgan fingerprint density at radius 2 is 2.38 bits per heavy atom. The normalized spacial score (nSPS) is 24.2. The summed E-state index contributed by atoms with van der Waals surface area (Å²) in [5.74, 6) is 0.0586. The smallest absolute Gasteiger partial charge is 0.249 e. The zero-order valence-electron chi connectivity index (χ0n) is 8.45. The Hall–Kier alpha value is -0.610. The van der Waals surface area contributed by atoms with Crippen molar-refractivity contribution in [2.24, 2.45) is 0 Å². The van der Waals surface area contributed by atoms with Gasteiger partial charge in [0.05, 0.1) is 19.3 Å². The van der Waals surface area contributed by atoms with Gasteiger partial charge in [-0.05, 0) is 13.8 Å². The van der Waals surface area contributed by atoms with Gasteiger partial charge in [-0.25, -0.2) is 0 Å². The third-order valence-corrected chi connectivity index (χ3v) is 2.13. The Labute approximate surface area is 78.8 Å². The molecule has 1 fully saturated rings. The molecule has 4 heteroatoms. The monoisotopic (exact) mass is 187 g/mol. The third kappa shape index (κ3) is 2.42. The van der Waals surface area contributed by atoms with Gasteiger partial charge in [0.15, 0.2) is 0 Å². The van der Waals surface area contributed by atoms with Crippen LogP contribution in [0.4, 0.5) is 0 Å². The topological polar surface area (TPSA) is 38.8 Å². The van der Waals surface area contributed by atoms with Gasteiger partial charge in [0, 0.05) is 13.2 Å². The maximum Gasteiger partial charge on any atom is 0.249 e.